The number of hydrogen-bond donors (Lipinski definition) is 0. The van der Waals surface area contributed by atoms with Crippen LogP contribution in [0.15, 0.2) is 259 Å². The van der Waals surface area contributed by atoms with Crippen LogP contribution in [0.25, 0.3) is 55.7 Å². The van der Waals surface area contributed by atoms with E-state index in [2.05, 4.69) is 265 Å². The van der Waals surface area contributed by atoms with E-state index in [0.29, 0.717) is 0 Å². The van der Waals surface area contributed by atoms with Crippen LogP contribution in [-0.2, 0) is 5.41 Å². The Bertz CT molecular complexity index is 3540. The first-order valence-corrected chi connectivity index (χ1v) is 22.7. The van der Waals surface area contributed by atoms with Crippen LogP contribution >= 0.6 is 0 Å². The van der Waals surface area contributed by atoms with Gasteiger partial charge in [0.2, 0.25) is 0 Å². The second-order valence-corrected chi connectivity index (χ2v) is 17.2. The molecule has 0 aliphatic heterocycles. The van der Waals surface area contributed by atoms with Gasteiger partial charge in [0.25, 0.3) is 0 Å². The van der Waals surface area contributed by atoms with E-state index in [1.807, 2.05) is 0 Å². The first kappa shape index (κ1) is 37.9. The highest BCUT2D eigenvalue weighted by atomic mass is 16.3. The molecule has 2 aliphatic rings. The molecule has 3 nitrogen and oxygen atoms in total. The van der Waals surface area contributed by atoms with E-state index in [0.717, 1.165) is 62.0 Å². The third-order valence-corrected chi connectivity index (χ3v) is 13.6. The zero-order valence-corrected chi connectivity index (χ0v) is 36.1. The van der Waals surface area contributed by atoms with Gasteiger partial charge in [0.05, 0.1) is 5.41 Å². The van der Waals surface area contributed by atoms with Crippen LogP contribution in [-0.4, -0.2) is 0 Å². The van der Waals surface area contributed by atoms with E-state index in [9.17, 15) is 0 Å². The Labute approximate surface area is 384 Å². The molecule has 0 N–H and O–H groups in total. The van der Waals surface area contributed by atoms with Gasteiger partial charge in [0.1, 0.15) is 11.3 Å². The van der Waals surface area contributed by atoms with E-state index < -0.39 is 5.41 Å². The number of fused-ring (bicyclic) bond motifs is 12. The van der Waals surface area contributed by atoms with Gasteiger partial charge in [0.15, 0.2) is 0 Å². The molecule has 0 radical (unpaired) electrons. The van der Waals surface area contributed by atoms with Crippen molar-refractivity contribution in [2.24, 2.45) is 0 Å². The summed E-state index contributed by atoms with van der Waals surface area (Å²) in [4.78, 5) is 4.79. The number of furan rings is 1. The van der Waals surface area contributed by atoms with Crippen LogP contribution in [0, 0.1) is 0 Å². The van der Waals surface area contributed by atoms with Crippen molar-refractivity contribution in [1.82, 2.24) is 0 Å². The summed E-state index contributed by atoms with van der Waals surface area (Å²) in [5, 5.41) is 1.13. The summed E-state index contributed by atoms with van der Waals surface area (Å²) < 4.78 is 7.04. The first-order chi connectivity index (χ1) is 32.7. The molecular formula is C63H42N2O. The molecule has 11 aromatic rings. The highest BCUT2D eigenvalue weighted by Gasteiger charge is 2.55. The highest BCUT2D eigenvalue weighted by molar-refractivity contribution is 6.03. The average molecular weight is 843 g/mol. The van der Waals surface area contributed by atoms with Gasteiger partial charge < -0.3 is 14.2 Å². The number of hydrogen-bond acceptors (Lipinski definition) is 3. The van der Waals surface area contributed by atoms with E-state index in [1.54, 1.807) is 0 Å². The molecule has 66 heavy (non-hydrogen) atoms. The first-order valence-electron chi connectivity index (χ1n) is 22.7. The van der Waals surface area contributed by atoms with Crippen molar-refractivity contribution in [1.29, 1.82) is 0 Å². The Morgan fingerprint density at radius 3 is 1.41 bits per heavy atom. The zero-order chi connectivity index (χ0) is 43.6. The largest absolute Gasteiger partial charge is 0.456 e. The monoisotopic (exact) mass is 842 g/mol. The Balaban J connectivity index is 1.07. The van der Waals surface area contributed by atoms with Crippen LogP contribution in [0.2, 0.25) is 0 Å². The molecule has 310 valence electrons. The summed E-state index contributed by atoms with van der Waals surface area (Å²) in [6, 6.07) is 92.3. The fourth-order valence-corrected chi connectivity index (χ4v) is 10.8. The summed E-state index contributed by atoms with van der Waals surface area (Å²) in [5.41, 5.74) is 19.9. The van der Waals surface area contributed by atoms with Gasteiger partial charge in [-0.3, -0.25) is 0 Å². The lowest BCUT2D eigenvalue weighted by molar-refractivity contribution is 0.628. The molecule has 1 heterocycles. The predicted molar refractivity (Wildman–Crippen MR) is 273 cm³/mol. The maximum atomic E-state index is 7.04. The van der Waals surface area contributed by atoms with Crippen LogP contribution in [0.5, 0.6) is 0 Å². The number of benzene rings is 10. The molecule has 0 amide bonds. The molecule has 3 heteroatoms. The molecule has 0 bridgehead atoms. The van der Waals surface area contributed by atoms with Crippen molar-refractivity contribution in [3.8, 4) is 44.7 Å². The minimum absolute atomic E-state index is 0.691. The second-order valence-electron chi connectivity index (χ2n) is 17.2. The summed E-state index contributed by atoms with van der Waals surface area (Å²) in [6.07, 6.45) is 0. The fraction of sp³-hybridized carbons (Fsp3) is 0.0159. The lowest BCUT2D eigenvalue weighted by Gasteiger charge is -2.33. The minimum atomic E-state index is -0.691. The third-order valence-electron chi connectivity index (χ3n) is 13.6. The Kier molecular flexibility index (Phi) is 8.75. The number of para-hydroxylation sites is 3. The average Bonchev–Trinajstić information content (AvgIpc) is 4.01. The maximum absolute atomic E-state index is 7.04. The number of anilines is 6. The molecule has 1 unspecified atom stereocenters. The Morgan fingerprint density at radius 1 is 0.288 bits per heavy atom. The van der Waals surface area contributed by atoms with Gasteiger partial charge in [-0.15, -0.1) is 0 Å². The molecule has 0 fully saturated rings. The van der Waals surface area contributed by atoms with Crippen molar-refractivity contribution >= 4 is 45.1 Å². The summed E-state index contributed by atoms with van der Waals surface area (Å²) in [6.45, 7) is 0. The molecule has 1 aromatic heterocycles. The molecule has 10 aromatic carbocycles. The fourth-order valence-electron chi connectivity index (χ4n) is 10.8. The van der Waals surface area contributed by atoms with Gasteiger partial charge in [0, 0.05) is 50.6 Å². The van der Waals surface area contributed by atoms with Crippen LogP contribution in [0.3, 0.4) is 0 Å². The standard InChI is InChI=1S/C63H42N2O/c1-5-18-43(19-6-1)45-32-34-49(35-33-45)65(50-27-17-22-46(40-50)44-20-7-2-8-21-44)52-37-39-55-59(42-52)63(61-56-29-14-16-31-60(56)66-62(55)61)57-30-15-13-28-53(57)54-38-36-51(41-58(54)63)64(47-23-9-3-10-24-47)48-25-11-4-12-26-48/h1-42H. The normalized spacial score (nSPS) is 14.1. The van der Waals surface area contributed by atoms with E-state index in [-0.39, 0.29) is 0 Å². The number of nitrogens with zero attached hydrogens (tertiary/aromatic N) is 2. The van der Waals surface area contributed by atoms with E-state index >= 15 is 0 Å². The molecule has 1 spiro atoms. The minimum Gasteiger partial charge on any atom is -0.456 e. The third kappa shape index (κ3) is 5.84. The van der Waals surface area contributed by atoms with Crippen molar-refractivity contribution in [2.75, 3.05) is 9.80 Å². The summed E-state index contributed by atoms with van der Waals surface area (Å²) >= 11 is 0. The lowest BCUT2D eigenvalue weighted by atomic mass is 9.70. The van der Waals surface area contributed by atoms with Gasteiger partial charge >= 0.3 is 0 Å². The van der Waals surface area contributed by atoms with Crippen LogP contribution in [0.1, 0.15) is 22.3 Å². The summed E-state index contributed by atoms with van der Waals surface area (Å²) in [7, 11) is 0. The molecule has 2 aliphatic carbocycles. The molecule has 13 rings (SSSR count). The molecule has 0 saturated carbocycles. The van der Waals surface area contributed by atoms with Gasteiger partial charge in [-0.2, -0.15) is 0 Å². The summed E-state index contributed by atoms with van der Waals surface area (Å²) in [5.74, 6) is 0.929. The SMILES string of the molecule is c1ccc(-c2ccc(N(c3cccc(-c4ccccc4)c3)c3ccc4c(c3)C3(c5ccccc5-c5ccc(N(c6ccccc6)c6ccccc6)cc53)c3c-4oc4ccccc34)cc2)cc1. The Hall–Kier alpha value is -8.66. The quantitative estimate of drug-likeness (QED) is 0.152. The van der Waals surface area contributed by atoms with Gasteiger partial charge in [-0.1, -0.05) is 170 Å². The van der Waals surface area contributed by atoms with Gasteiger partial charge in [-0.05, 0) is 135 Å². The Morgan fingerprint density at radius 2 is 0.727 bits per heavy atom. The lowest BCUT2D eigenvalue weighted by Crippen LogP contribution is -2.26. The zero-order valence-electron chi connectivity index (χ0n) is 36.1. The number of rotatable bonds is 8. The van der Waals surface area contributed by atoms with Crippen LogP contribution in [0.4, 0.5) is 34.1 Å². The molecular weight excluding hydrogens is 801 g/mol. The van der Waals surface area contributed by atoms with Crippen molar-refractivity contribution in [3.05, 3.63) is 277 Å². The van der Waals surface area contributed by atoms with E-state index in [4.69, 9.17) is 4.42 Å². The second kappa shape index (κ2) is 15.3. The molecule has 0 saturated heterocycles. The van der Waals surface area contributed by atoms with Crippen molar-refractivity contribution < 1.29 is 4.42 Å². The maximum Gasteiger partial charge on any atom is 0.140 e. The van der Waals surface area contributed by atoms with Crippen LogP contribution < -0.4 is 9.80 Å². The molecule has 1 atom stereocenters. The topological polar surface area (TPSA) is 19.6 Å². The highest BCUT2D eigenvalue weighted by Crippen LogP contribution is 2.66. The van der Waals surface area contributed by atoms with Crippen molar-refractivity contribution in [3.63, 3.8) is 0 Å². The smallest absolute Gasteiger partial charge is 0.140 e. The van der Waals surface area contributed by atoms with E-state index in [1.165, 1.54) is 50.1 Å². The predicted octanol–water partition coefficient (Wildman–Crippen LogP) is 17.0. The van der Waals surface area contributed by atoms with Crippen molar-refractivity contribution in [2.45, 2.75) is 5.41 Å². The van der Waals surface area contributed by atoms with Gasteiger partial charge in [-0.25, -0.2) is 0 Å².